The summed E-state index contributed by atoms with van der Waals surface area (Å²) in [6, 6.07) is 0. The summed E-state index contributed by atoms with van der Waals surface area (Å²) in [7, 11) is 0. The van der Waals surface area contributed by atoms with Crippen molar-refractivity contribution in [1.29, 1.82) is 0 Å². The average Bonchev–Trinajstić information content (AvgIpc) is 3.04. The van der Waals surface area contributed by atoms with E-state index in [4.69, 9.17) is 5.73 Å². The molecule has 86 valence electrons. The summed E-state index contributed by atoms with van der Waals surface area (Å²) in [5, 5.41) is 9.50. The van der Waals surface area contributed by atoms with Crippen LogP contribution in [0, 0.1) is 17.3 Å². The van der Waals surface area contributed by atoms with Gasteiger partial charge in [0, 0.05) is 6.61 Å². The molecule has 1 amide bonds. The van der Waals surface area contributed by atoms with Crippen LogP contribution in [0.3, 0.4) is 0 Å². The van der Waals surface area contributed by atoms with Crippen molar-refractivity contribution in [2.75, 3.05) is 6.61 Å². The third-order valence-corrected chi connectivity index (χ3v) is 4.33. The number of carbonyl (C=O) groups is 1. The van der Waals surface area contributed by atoms with Gasteiger partial charge in [-0.15, -0.1) is 0 Å². The minimum Gasteiger partial charge on any atom is -0.396 e. The van der Waals surface area contributed by atoms with E-state index in [1.54, 1.807) is 0 Å². The molecule has 2 rings (SSSR count). The van der Waals surface area contributed by atoms with Crippen molar-refractivity contribution < 1.29 is 9.90 Å². The fraction of sp³-hybridized carbons (Fsp3) is 0.917. The van der Waals surface area contributed by atoms with E-state index in [1.165, 1.54) is 19.3 Å². The van der Waals surface area contributed by atoms with E-state index in [2.05, 4.69) is 0 Å². The first-order valence-electron chi connectivity index (χ1n) is 6.11. The normalized spacial score (nSPS) is 27.3. The van der Waals surface area contributed by atoms with Crippen LogP contribution in [-0.2, 0) is 4.79 Å². The Bertz CT molecular complexity index is 242. The van der Waals surface area contributed by atoms with Gasteiger partial charge in [-0.1, -0.05) is 19.3 Å². The van der Waals surface area contributed by atoms with Gasteiger partial charge in [-0.2, -0.15) is 0 Å². The quantitative estimate of drug-likeness (QED) is 0.739. The van der Waals surface area contributed by atoms with Crippen molar-refractivity contribution in [3.8, 4) is 0 Å². The van der Waals surface area contributed by atoms with Crippen molar-refractivity contribution in [3.05, 3.63) is 0 Å². The van der Waals surface area contributed by atoms with Crippen LogP contribution in [0.1, 0.15) is 44.9 Å². The minimum absolute atomic E-state index is 0.133. The molecule has 3 heteroatoms. The van der Waals surface area contributed by atoms with E-state index in [0.29, 0.717) is 5.92 Å². The van der Waals surface area contributed by atoms with E-state index in [9.17, 15) is 9.90 Å². The van der Waals surface area contributed by atoms with E-state index < -0.39 is 0 Å². The number of carbonyl (C=O) groups excluding carboxylic acids is 1. The molecule has 2 aliphatic rings. The summed E-state index contributed by atoms with van der Waals surface area (Å²) in [6.45, 7) is 0.133. The second kappa shape index (κ2) is 4.12. The van der Waals surface area contributed by atoms with Crippen molar-refractivity contribution in [2.45, 2.75) is 44.9 Å². The molecule has 0 spiro atoms. The number of aliphatic hydroxyl groups is 1. The van der Waals surface area contributed by atoms with Gasteiger partial charge in [-0.25, -0.2) is 0 Å². The zero-order valence-electron chi connectivity index (χ0n) is 9.24. The molecule has 0 bridgehead atoms. The van der Waals surface area contributed by atoms with Gasteiger partial charge in [0.05, 0.1) is 5.41 Å². The Hall–Kier alpha value is -0.570. The van der Waals surface area contributed by atoms with Crippen LogP contribution >= 0.6 is 0 Å². The summed E-state index contributed by atoms with van der Waals surface area (Å²) in [5.41, 5.74) is 5.21. The molecule has 0 aromatic heterocycles. The van der Waals surface area contributed by atoms with E-state index in [0.717, 1.165) is 25.7 Å². The molecule has 0 aromatic carbocycles. The molecular formula is C12H21NO2. The molecule has 0 aliphatic heterocycles. The second-order valence-corrected chi connectivity index (χ2v) is 5.21. The van der Waals surface area contributed by atoms with Gasteiger partial charge in [0.1, 0.15) is 0 Å². The monoisotopic (exact) mass is 211 g/mol. The molecule has 0 aromatic rings. The molecule has 2 fully saturated rings. The van der Waals surface area contributed by atoms with Crippen LogP contribution in [0.15, 0.2) is 0 Å². The first-order valence-corrected chi connectivity index (χ1v) is 6.11. The van der Waals surface area contributed by atoms with Crippen LogP contribution in [0.5, 0.6) is 0 Å². The zero-order valence-corrected chi connectivity index (χ0v) is 9.24. The topological polar surface area (TPSA) is 63.3 Å². The number of aliphatic hydroxyl groups excluding tert-OH is 1. The number of amides is 1. The van der Waals surface area contributed by atoms with E-state index >= 15 is 0 Å². The minimum atomic E-state index is -0.381. The maximum Gasteiger partial charge on any atom is 0.224 e. The van der Waals surface area contributed by atoms with Crippen LogP contribution in [0.2, 0.25) is 0 Å². The van der Waals surface area contributed by atoms with Crippen molar-refractivity contribution in [2.24, 2.45) is 23.0 Å². The Morgan fingerprint density at radius 3 is 2.33 bits per heavy atom. The van der Waals surface area contributed by atoms with Gasteiger partial charge in [0.15, 0.2) is 0 Å². The number of hydrogen-bond acceptors (Lipinski definition) is 2. The predicted octanol–water partition coefficient (Wildman–Crippen LogP) is 1.44. The summed E-state index contributed by atoms with van der Waals surface area (Å²) >= 11 is 0. The van der Waals surface area contributed by atoms with E-state index in [1.807, 2.05) is 0 Å². The van der Waals surface area contributed by atoms with Gasteiger partial charge in [-0.3, -0.25) is 4.79 Å². The number of rotatable bonds is 4. The number of primary amides is 1. The third kappa shape index (κ3) is 1.89. The Balaban J connectivity index is 2.18. The Labute approximate surface area is 91.0 Å². The summed E-state index contributed by atoms with van der Waals surface area (Å²) in [4.78, 5) is 11.7. The first-order chi connectivity index (χ1) is 7.20. The first kappa shape index (κ1) is 10.9. The lowest BCUT2D eigenvalue weighted by Crippen LogP contribution is -2.47. The fourth-order valence-corrected chi connectivity index (χ4v) is 3.26. The predicted molar refractivity (Wildman–Crippen MR) is 58.0 cm³/mol. The maximum absolute atomic E-state index is 11.7. The lowest BCUT2D eigenvalue weighted by atomic mass is 9.64. The fourth-order valence-electron chi connectivity index (χ4n) is 3.26. The van der Waals surface area contributed by atoms with Crippen LogP contribution < -0.4 is 5.73 Å². The highest BCUT2D eigenvalue weighted by Gasteiger charge is 2.50. The Kier molecular flexibility index (Phi) is 3.01. The molecule has 3 N–H and O–H groups in total. The molecule has 1 atom stereocenters. The highest BCUT2D eigenvalue weighted by atomic mass is 16.3. The molecule has 2 saturated carbocycles. The van der Waals surface area contributed by atoms with Gasteiger partial charge in [0.25, 0.3) is 0 Å². The van der Waals surface area contributed by atoms with Crippen LogP contribution in [-0.4, -0.2) is 17.6 Å². The van der Waals surface area contributed by atoms with Crippen molar-refractivity contribution in [3.63, 3.8) is 0 Å². The van der Waals surface area contributed by atoms with Gasteiger partial charge in [0.2, 0.25) is 5.91 Å². The maximum atomic E-state index is 11.7. The van der Waals surface area contributed by atoms with Crippen molar-refractivity contribution >= 4 is 5.91 Å². The van der Waals surface area contributed by atoms with Gasteiger partial charge in [-0.05, 0) is 37.5 Å². The molecule has 0 saturated heterocycles. The molecular weight excluding hydrogens is 190 g/mol. The highest BCUT2D eigenvalue weighted by molar-refractivity contribution is 5.81. The van der Waals surface area contributed by atoms with Gasteiger partial charge < -0.3 is 10.8 Å². The van der Waals surface area contributed by atoms with Crippen LogP contribution in [0.25, 0.3) is 0 Å². The smallest absolute Gasteiger partial charge is 0.224 e. The van der Waals surface area contributed by atoms with Crippen molar-refractivity contribution in [1.82, 2.24) is 0 Å². The lowest BCUT2D eigenvalue weighted by Gasteiger charge is -2.40. The molecule has 0 radical (unpaired) electrons. The summed E-state index contributed by atoms with van der Waals surface area (Å²) < 4.78 is 0. The second-order valence-electron chi connectivity index (χ2n) is 5.21. The lowest BCUT2D eigenvalue weighted by molar-refractivity contribution is -0.135. The summed E-state index contributed by atoms with van der Waals surface area (Å²) in [6.07, 6.45) is 7.50. The van der Waals surface area contributed by atoms with Gasteiger partial charge >= 0.3 is 0 Å². The SMILES string of the molecule is NC(=O)C1([C@H](CO)C2CC2)CCCCC1. The molecule has 2 aliphatic carbocycles. The number of hydrogen-bond donors (Lipinski definition) is 2. The van der Waals surface area contributed by atoms with Crippen LogP contribution in [0.4, 0.5) is 0 Å². The zero-order chi connectivity index (χ0) is 10.9. The molecule has 0 unspecified atom stereocenters. The van der Waals surface area contributed by atoms with E-state index in [-0.39, 0.29) is 23.8 Å². The molecule has 3 nitrogen and oxygen atoms in total. The highest BCUT2D eigenvalue weighted by Crippen LogP contribution is 2.51. The number of nitrogens with two attached hydrogens (primary N) is 1. The molecule has 15 heavy (non-hydrogen) atoms. The average molecular weight is 211 g/mol. The standard InChI is InChI=1S/C12H21NO2/c13-11(15)12(6-2-1-3-7-12)10(8-14)9-4-5-9/h9-10,14H,1-8H2,(H2,13,15)/t10-/m1/s1. The summed E-state index contributed by atoms with van der Waals surface area (Å²) in [5.74, 6) is 0.518. The molecule has 0 heterocycles. The third-order valence-electron chi connectivity index (χ3n) is 4.33. The largest absolute Gasteiger partial charge is 0.396 e. The Morgan fingerprint density at radius 1 is 1.33 bits per heavy atom. The Morgan fingerprint density at radius 2 is 1.93 bits per heavy atom.